The molecular weight excluding hydrogens is 381 g/mol. The number of carbonyl (C=O) groups is 1. The highest BCUT2D eigenvalue weighted by atomic mass is 32.2. The number of amides is 1. The summed E-state index contributed by atoms with van der Waals surface area (Å²) in [6, 6.07) is 12.5. The summed E-state index contributed by atoms with van der Waals surface area (Å²) in [5, 5.41) is 0.539. The molecule has 1 N–H and O–H groups in total. The van der Waals surface area contributed by atoms with Crippen LogP contribution in [0.4, 0.5) is 9.52 Å². The monoisotopic (exact) mass is 404 g/mol. The van der Waals surface area contributed by atoms with Gasteiger partial charge >= 0.3 is 0 Å². The van der Waals surface area contributed by atoms with Gasteiger partial charge in [-0.05, 0) is 30.0 Å². The summed E-state index contributed by atoms with van der Waals surface area (Å²) in [5.41, 5.74) is 0.988. The molecule has 4 nitrogen and oxygen atoms in total. The standard InChI is InChI=1S/C20H22FN3OS2/c1-4-26-16-10-6-5-8-14(16)19(25)24(13-12-23(2)3)20-22-18-15(21)9-7-11-17(18)27-20/h5-11H,4,12-13H2,1-3H3/p+1. The summed E-state index contributed by atoms with van der Waals surface area (Å²) in [6.45, 7) is 3.36. The molecule has 3 rings (SSSR count). The van der Waals surface area contributed by atoms with Crippen molar-refractivity contribution >= 4 is 44.4 Å². The van der Waals surface area contributed by atoms with E-state index >= 15 is 0 Å². The number of para-hydroxylation sites is 1. The van der Waals surface area contributed by atoms with Crippen LogP contribution in [0.1, 0.15) is 17.3 Å². The first-order valence-electron chi connectivity index (χ1n) is 8.89. The van der Waals surface area contributed by atoms with Gasteiger partial charge in [0.05, 0.1) is 37.4 Å². The molecule has 142 valence electrons. The van der Waals surface area contributed by atoms with E-state index in [1.165, 1.54) is 22.3 Å². The van der Waals surface area contributed by atoms with Crippen LogP contribution in [0.2, 0.25) is 0 Å². The zero-order chi connectivity index (χ0) is 19.4. The first kappa shape index (κ1) is 19.8. The molecule has 0 saturated carbocycles. The molecule has 0 aliphatic rings. The lowest BCUT2D eigenvalue weighted by atomic mass is 10.2. The number of hydrogen-bond donors (Lipinski definition) is 1. The fourth-order valence-electron chi connectivity index (χ4n) is 2.71. The Hall–Kier alpha value is -1.96. The number of aromatic nitrogens is 1. The minimum atomic E-state index is -0.359. The van der Waals surface area contributed by atoms with Crippen LogP contribution in [0, 0.1) is 5.82 Å². The van der Waals surface area contributed by atoms with Gasteiger partial charge in [-0.2, -0.15) is 0 Å². The van der Waals surface area contributed by atoms with E-state index in [-0.39, 0.29) is 11.7 Å². The third-order valence-corrected chi connectivity index (χ3v) is 6.09. The fourth-order valence-corrected chi connectivity index (χ4v) is 4.51. The Bertz CT molecular complexity index is 942. The molecule has 0 radical (unpaired) electrons. The average molecular weight is 405 g/mol. The molecule has 3 aromatic rings. The van der Waals surface area contributed by atoms with Crippen molar-refractivity contribution in [1.29, 1.82) is 0 Å². The molecule has 1 heterocycles. The van der Waals surface area contributed by atoms with Gasteiger partial charge in [0.2, 0.25) is 0 Å². The summed E-state index contributed by atoms with van der Waals surface area (Å²) in [4.78, 5) is 21.7. The van der Waals surface area contributed by atoms with Crippen LogP contribution in [-0.2, 0) is 0 Å². The van der Waals surface area contributed by atoms with Gasteiger partial charge in [-0.1, -0.05) is 36.5 Å². The van der Waals surface area contributed by atoms with Crippen LogP contribution in [0.5, 0.6) is 0 Å². The SMILES string of the molecule is CCSc1ccccc1C(=O)N(CC[NH+](C)C)c1nc2c(F)cccc2s1. The van der Waals surface area contributed by atoms with Crippen LogP contribution >= 0.6 is 23.1 Å². The van der Waals surface area contributed by atoms with Crippen molar-refractivity contribution in [3.05, 3.63) is 53.8 Å². The Labute approximate surface area is 167 Å². The molecule has 0 bridgehead atoms. The Morgan fingerprint density at radius 3 is 2.70 bits per heavy atom. The maximum absolute atomic E-state index is 14.1. The van der Waals surface area contributed by atoms with E-state index in [4.69, 9.17) is 0 Å². The van der Waals surface area contributed by atoms with Gasteiger partial charge in [-0.25, -0.2) is 9.37 Å². The first-order valence-corrected chi connectivity index (χ1v) is 10.7. The van der Waals surface area contributed by atoms with Crippen LogP contribution in [-0.4, -0.2) is 43.8 Å². The van der Waals surface area contributed by atoms with Gasteiger partial charge in [0.15, 0.2) is 5.13 Å². The van der Waals surface area contributed by atoms with Gasteiger partial charge in [0.25, 0.3) is 5.91 Å². The number of fused-ring (bicyclic) bond motifs is 1. The normalized spacial score (nSPS) is 11.3. The van der Waals surface area contributed by atoms with Crippen molar-refractivity contribution in [3.8, 4) is 0 Å². The van der Waals surface area contributed by atoms with Crippen molar-refractivity contribution in [3.63, 3.8) is 0 Å². The largest absolute Gasteiger partial charge is 0.338 e. The molecule has 2 aromatic carbocycles. The third kappa shape index (κ3) is 4.48. The predicted octanol–water partition coefficient (Wildman–Crippen LogP) is 3.34. The van der Waals surface area contributed by atoms with E-state index < -0.39 is 0 Å². The molecule has 0 saturated heterocycles. The first-order chi connectivity index (χ1) is 13.0. The van der Waals surface area contributed by atoms with E-state index in [1.807, 2.05) is 44.4 Å². The maximum Gasteiger partial charge on any atom is 0.261 e. The number of benzene rings is 2. The lowest BCUT2D eigenvalue weighted by Gasteiger charge is -2.21. The summed E-state index contributed by atoms with van der Waals surface area (Å²) in [6.07, 6.45) is 0. The Balaban J connectivity index is 2.02. The molecule has 1 aromatic heterocycles. The van der Waals surface area contributed by atoms with Crippen molar-refractivity contribution < 1.29 is 14.1 Å². The van der Waals surface area contributed by atoms with E-state index in [2.05, 4.69) is 11.9 Å². The van der Waals surface area contributed by atoms with Gasteiger partial charge < -0.3 is 4.90 Å². The highest BCUT2D eigenvalue weighted by molar-refractivity contribution is 7.99. The second-order valence-corrected chi connectivity index (χ2v) is 8.74. The second kappa shape index (κ2) is 8.82. The van der Waals surface area contributed by atoms with Gasteiger partial charge in [-0.15, -0.1) is 11.8 Å². The third-order valence-electron chi connectivity index (χ3n) is 4.09. The van der Waals surface area contributed by atoms with Gasteiger partial charge in [0, 0.05) is 4.90 Å². The zero-order valence-corrected chi connectivity index (χ0v) is 17.3. The lowest BCUT2D eigenvalue weighted by molar-refractivity contribution is -0.856. The molecule has 0 atom stereocenters. The maximum atomic E-state index is 14.1. The average Bonchev–Trinajstić information content (AvgIpc) is 3.07. The Kier molecular flexibility index (Phi) is 6.46. The molecule has 1 amide bonds. The number of quaternary nitrogens is 1. The molecule has 0 unspecified atom stereocenters. The number of thiazole rings is 1. The number of halogens is 1. The molecule has 7 heteroatoms. The fraction of sp³-hybridized carbons (Fsp3) is 0.300. The van der Waals surface area contributed by atoms with Gasteiger partial charge in [-0.3, -0.25) is 9.69 Å². The zero-order valence-electron chi connectivity index (χ0n) is 15.7. The number of thioether (sulfide) groups is 1. The Morgan fingerprint density at radius 2 is 2.00 bits per heavy atom. The van der Waals surface area contributed by atoms with Crippen molar-refractivity contribution in [2.75, 3.05) is 37.8 Å². The second-order valence-electron chi connectivity index (χ2n) is 6.43. The van der Waals surface area contributed by atoms with Crippen molar-refractivity contribution in [2.24, 2.45) is 0 Å². The van der Waals surface area contributed by atoms with E-state index in [0.717, 1.165) is 21.9 Å². The quantitative estimate of drug-likeness (QED) is 0.614. The molecular formula is C20H23FN3OS2+. The van der Waals surface area contributed by atoms with E-state index in [1.54, 1.807) is 22.7 Å². The summed E-state index contributed by atoms with van der Waals surface area (Å²) < 4.78 is 14.8. The minimum Gasteiger partial charge on any atom is -0.338 e. The smallest absolute Gasteiger partial charge is 0.261 e. The van der Waals surface area contributed by atoms with Crippen LogP contribution in [0.25, 0.3) is 10.2 Å². The number of rotatable bonds is 7. The highest BCUT2D eigenvalue weighted by Gasteiger charge is 2.24. The lowest BCUT2D eigenvalue weighted by Crippen LogP contribution is -3.06. The number of likely N-dealkylation sites (N-methyl/N-ethyl adjacent to an activating group) is 1. The van der Waals surface area contributed by atoms with E-state index in [0.29, 0.717) is 22.8 Å². The molecule has 0 aliphatic carbocycles. The van der Waals surface area contributed by atoms with Gasteiger partial charge in [0.1, 0.15) is 11.3 Å². The van der Waals surface area contributed by atoms with Crippen molar-refractivity contribution in [1.82, 2.24) is 4.98 Å². The number of anilines is 1. The van der Waals surface area contributed by atoms with Crippen LogP contribution in [0.3, 0.4) is 0 Å². The molecule has 27 heavy (non-hydrogen) atoms. The molecule has 0 fully saturated rings. The number of hydrogen-bond acceptors (Lipinski definition) is 4. The van der Waals surface area contributed by atoms with E-state index in [9.17, 15) is 9.18 Å². The molecule has 0 aliphatic heterocycles. The Morgan fingerprint density at radius 1 is 1.22 bits per heavy atom. The minimum absolute atomic E-state index is 0.0905. The highest BCUT2D eigenvalue weighted by Crippen LogP contribution is 2.32. The molecule has 0 spiro atoms. The number of nitrogens with zero attached hydrogens (tertiary/aromatic N) is 2. The summed E-state index contributed by atoms with van der Waals surface area (Å²) >= 11 is 3.00. The number of carbonyl (C=O) groups excluding carboxylic acids is 1. The predicted molar refractivity (Wildman–Crippen MR) is 112 cm³/mol. The van der Waals surface area contributed by atoms with Crippen molar-refractivity contribution in [2.45, 2.75) is 11.8 Å². The summed E-state index contributed by atoms with van der Waals surface area (Å²) in [7, 11) is 4.09. The van der Waals surface area contributed by atoms with Crippen LogP contribution < -0.4 is 9.80 Å². The topological polar surface area (TPSA) is 37.6 Å². The van der Waals surface area contributed by atoms with Crippen LogP contribution in [0.15, 0.2) is 47.4 Å². The summed E-state index contributed by atoms with van der Waals surface area (Å²) in [5.74, 6) is 0.438. The number of nitrogens with one attached hydrogen (secondary N) is 1.